The lowest BCUT2D eigenvalue weighted by atomic mass is 10.1. The van der Waals surface area contributed by atoms with Gasteiger partial charge in [-0.3, -0.25) is 9.36 Å². The SMILES string of the molecule is Cc1nc2c(ncn2[C@@H]2O[C@H](CO)C(O)[C@H]2O)c(=O)[nH]1. The summed E-state index contributed by atoms with van der Waals surface area (Å²) in [7, 11) is 0. The first kappa shape index (κ1) is 13.2. The van der Waals surface area contributed by atoms with Crippen LogP contribution in [0.5, 0.6) is 0 Å². The van der Waals surface area contributed by atoms with Crippen molar-refractivity contribution in [3.05, 3.63) is 22.5 Å². The number of aliphatic hydroxyl groups excluding tert-OH is 3. The van der Waals surface area contributed by atoms with Gasteiger partial charge in [0.15, 0.2) is 17.4 Å². The number of aliphatic hydroxyl groups is 3. The zero-order valence-electron chi connectivity index (χ0n) is 10.6. The number of H-pyrrole nitrogens is 1. The van der Waals surface area contributed by atoms with Crippen LogP contribution in [-0.2, 0) is 4.74 Å². The number of nitrogens with zero attached hydrogens (tertiary/aromatic N) is 3. The number of hydrogen-bond acceptors (Lipinski definition) is 7. The molecule has 3 rings (SSSR count). The van der Waals surface area contributed by atoms with Gasteiger partial charge in [-0.15, -0.1) is 0 Å². The average molecular weight is 282 g/mol. The fourth-order valence-corrected chi connectivity index (χ4v) is 2.33. The van der Waals surface area contributed by atoms with Crippen molar-refractivity contribution in [1.29, 1.82) is 0 Å². The minimum absolute atomic E-state index is 0.119. The van der Waals surface area contributed by atoms with E-state index in [1.54, 1.807) is 6.92 Å². The highest BCUT2D eigenvalue weighted by Gasteiger charge is 2.44. The van der Waals surface area contributed by atoms with Crippen LogP contribution in [0.4, 0.5) is 0 Å². The molecule has 9 heteroatoms. The lowest BCUT2D eigenvalue weighted by Gasteiger charge is -2.16. The number of nitrogens with one attached hydrogen (secondary N) is 1. The molecule has 0 saturated carbocycles. The first-order valence-corrected chi connectivity index (χ1v) is 6.09. The summed E-state index contributed by atoms with van der Waals surface area (Å²) >= 11 is 0. The smallest absolute Gasteiger partial charge is 0.279 e. The van der Waals surface area contributed by atoms with E-state index in [4.69, 9.17) is 9.84 Å². The van der Waals surface area contributed by atoms with Crippen LogP contribution in [0.25, 0.3) is 11.2 Å². The first-order valence-electron chi connectivity index (χ1n) is 6.09. The largest absolute Gasteiger partial charge is 0.394 e. The number of aromatic amines is 1. The van der Waals surface area contributed by atoms with Crippen molar-refractivity contribution in [3.8, 4) is 0 Å². The number of hydrogen-bond donors (Lipinski definition) is 4. The fourth-order valence-electron chi connectivity index (χ4n) is 2.33. The zero-order valence-corrected chi connectivity index (χ0v) is 10.6. The van der Waals surface area contributed by atoms with Gasteiger partial charge in [0.25, 0.3) is 5.56 Å². The summed E-state index contributed by atoms with van der Waals surface area (Å²) in [5, 5.41) is 28.8. The van der Waals surface area contributed by atoms with E-state index < -0.39 is 36.7 Å². The van der Waals surface area contributed by atoms with Gasteiger partial charge in [0.1, 0.15) is 24.1 Å². The first-order chi connectivity index (χ1) is 9.52. The third-order valence-corrected chi connectivity index (χ3v) is 3.34. The van der Waals surface area contributed by atoms with Crippen molar-refractivity contribution in [2.75, 3.05) is 6.61 Å². The summed E-state index contributed by atoms with van der Waals surface area (Å²) in [5.41, 5.74) is -0.0209. The van der Waals surface area contributed by atoms with Crippen LogP contribution in [0, 0.1) is 6.92 Å². The van der Waals surface area contributed by atoms with Crippen molar-refractivity contribution < 1.29 is 20.1 Å². The van der Waals surface area contributed by atoms with Gasteiger partial charge in [-0.05, 0) is 6.92 Å². The second kappa shape index (κ2) is 4.63. The van der Waals surface area contributed by atoms with Gasteiger partial charge in [-0.2, -0.15) is 0 Å². The quantitative estimate of drug-likeness (QED) is 0.502. The van der Waals surface area contributed by atoms with Crippen LogP contribution in [-0.4, -0.2) is 59.8 Å². The number of ether oxygens (including phenoxy) is 1. The van der Waals surface area contributed by atoms with E-state index in [9.17, 15) is 15.0 Å². The predicted molar refractivity (Wildman–Crippen MR) is 65.9 cm³/mol. The van der Waals surface area contributed by atoms with Crippen molar-refractivity contribution in [2.45, 2.75) is 31.5 Å². The molecule has 0 spiro atoms. The molecule has 0 bridgehead atoms. The number of imidazole rings is 1. The van der Waals surface area contributed by atoms with E-state index in [0.717, 1.165) is 0 Å². The van der Waals surface area contributed by atoms with Crippen molar-refractivity contribution in [2.24, 2.45) is 0 Å². The van der Waals surface area contributed by atoms with E-state index in [2.05, 4.69) is 15.0 Å². The molecule has 0 aromatic carbocycles. The predicted octanol–water partition coefficient (Wildman–Crippen LogP) is -1.96. The van der Waals surface area contributed by atoms with E-state index >= 15 is 0 Å². The minimum atomic E-state index is -1.24. The fraction of sp³-hybridized carbons (Fsp3) is 0.545. The van der Waals surface area contributed by atoms with Crippen LogP contribution in [0.2, 0.25) is 0 Å². The van der Waals surface area contributed by atoms with Crippen LogP contribution >= 0.6 is 0 Å². The molecule has 1 saturated heterocycles. The molecule has 3 heterocycles. The zero-order chi connectivity index (χ0) is 14.4. The molecule has 1 aliphatic rings. The number of rotatable bonds is 2. The van der Waals surface area contributed by atoms with E-state index in [1.807, 2.05) is 0 Å². The topological polar surface area (TPSA) is 133 Å². The third kappa shape index (κ3) is 1.83. The summed E-state index contributed by atoms with van der Waals surface area (Å²) in [5.74, 6) is 0.399. The highest BCUT2D eigenvalue weighted by atomic mass is 16.6. The Morgan fingerprint density at radius 1 is 1.45 bits per heavy atom. The number of fused-ring (bicyclic) bond motifs is 1. The monoisotopic (exact) mass is 282 g/mol. The molecule has 4 atom stereocenters. The molecule has 1 fully saturated rings. The number of aryl methyl sites for hydroxylation is 1. The highest BCUT2D eigenvalue weighted by molar-refractivity contribution is 5.69. The molecule has 1 unspecified atom stereocenters. The Bertz CT molecular complexity index is 696. The number of aromatic nitrogens is 4. The van der Waals surface area contributed by atoms with Crippen LogP contribution < -0.4 is 5.56 Å². The molecule has 108 valence electrons. The Balaban J connectivity index is 2.09. The second-order valence-electron chi connectivity index (χ2n) is 4.70. The third-order valence-electron chi connectivity index (χ3n) is 3.34. The molecule has 1 aliphatic heterocycles. The van der Waals surface area contributed by atoms with Gasteiger partial charge in [0.2, 0.25) is 0 Å². The van der Waals surface area contributed by atoms with Crippen LogP contribution in [0.1, 0.15) is 12.1 Å². The Hall–Kier alpha value is -1.81. The molecule has 20 heavy (non-hydrogen) atoms. The van der Waals surface area contributed by atoms with Crippen molar-refractivity contribution in [3.63, 3.8) is 0 Å². The van der Waals surface area contributed by atoms with Gasteiger partial charge in [-0.25, -0.2) is 9.97 Å². The molecule has 9 nitrogen and oxygen atoms in total. The lowest BCUT2D eigenvalue weighted by molar-refractivity contribution is -0.0511. The molecular formula is C11H14N4O5. The summed E-state index contributed by atoms with van der Waals surface area (Å²) in [6.45, 7) is 1.20. The summed E-state index contributed by atoms with van der Waals surface area (Å²) in [6, 6.07) is 0. The summed E-state index contributed by atoms with van der Waals surface area (Å²) in [4.78, 5) is 22.3. The Morgan fingerprint density at radius 3 is 2.85 bits per heavy atom. The molecule has 0 amide bonds. The highest BCUT2D eigenvalue weighted by Crippen LogP contribution is 2.30. The van der Waals surface area contributed by atoms with Gasteiger partial charge in [0.05, 0.1) is 12.9 Å². The maximum atomic E-state index is 11.7. The van der Waals surface area contributed by atoms with Crippen molar-refractivity contribution in [1.82, 2.24) is 19.5 Å². The minimum Gasteiger partial charge on any atom is -0.394 e. The maximum Gasteiger partial charge on any atom is 0.279 e. The van der Waals surface area contributed by atoms with E-state index in [-0.39, 0.29) is 11.2 Å². The summed E-state index contributed by atoms with van der Waals surface area (Å²) < 4.78 is 6.76. The Labute approximate surface area is 112 Å². The van der Waals surface area contributed by atoms with Gasteiger partial charge >= 0.3 is 0 Å². The Kier molecular flexibility index (Phi) is 3.05. The standard InChI is InChI=1S/C11H14N4O5/c1-4-13-9-6(10(19)14-4)12-3-15(9)11-8(18)7(17)5(2-16)20-11/h3,5,7-8,11,16-18H,2H2,1H3,(H,13,14,19)/t5-,7?,8-,11-/m1/s1. The lowest BCUT2D eigenvalue weighted by Crippen LogP contribution is -2.33. The van der Waals surface area contributed by atoms with Gasteiger partial charge in [0, 0.05) is 0 Å². The van der Waals surface area contributed by atoms with E-state index in [1.165, 1.54) is 10.9 Å². The normalized spacial score (nSPS) is 30.2. The van der Waals surface area contributed by atoms with E-state index in [0.29, 0.717) is 5.82 Å². The average Bonchev–Trinajstić information content (AvgIpc) is 2.93. The second-order valence-corrected chi connectivity index (χ2v) is 4.70. The molecule has 0 radical (unpaired) electrons. The van der Waals surface area contributed by atoms with Gasteiger partial charge in [-0.1, -0.05) is 0 Å². The maximum absolute atomic E-state index is 11.7. The molecular weight excluding hydrogens is 268 g/mol. The molecule has 4 N–H and O–H groups in total. The van der Waals surface area contributed by atoms with Crippen LogP contribution in [0.3, 0.4) is 0 Å². The van der Waals surface area contributed by atoms with Crippen LogP contribution in [0.15, 0.2) is 11.1 Å². The summed E-state index contributed by atoms with van der Waals surface area (Å²) in [6.07, 6.45) is -3.00. The van der Waals surface area contributed by atoms with Crippen molar-refractivity contribution >= 4 is 11.2 Å². The Morgan fingerprint density at radius 2 is 2.20 bits per heavy atom. The van der Waals surface area contributed by atoms with Gasteiger partial charge < -0.3 is 25.0 Å². The molecule has 2 aromatic heterocycles. The molecule has 2 aromatic rings. The molecule has 0 aliphatic carbocycles.